The lowest BCUT2D eigenvalue weighted by Crippen LogP contribution is -2.46. The van der Waals surface area contributed by atoms with Crippen LogP contribution in [0.5, 0.6) is 0 Å². The van der Waals surface area contributed by atoms with Crippen LogP contribution in [0.2, 0.25) is 5.02 Å². The minimum absolute atomic E-state index is 0. The average molecular weight is 294 g/mol. The summed E-state index contributed by atoms with van der Waals surface area (Å²) in [7, 11) is 0. The molecule has 2 aromatic rings. The standard InChI is InChI=1S/C16H16ClN.ClH/c1-16(14-8-4-5-9-15(14)17)13-7-3-2-6-12(13)10-11-18-16;/h2-9,18H,10-11H2,1H3;1H. The van der Waals surface area contributed by atoms with Gasteiger partial charge in [0.05, 0.1) is 5.54 Å². The van der Waals surface area contributed by atoms with Gasteiger partial charge in [0.25, 0.3) is 0 Å². The maximum atomic E-state index is 6.37. The highest BCUT2D eigenvalue weighted by Crippen LogP contribution is 2.37. The quantitative estimate of drug-likeness (QED) is 0.832. The lowest BCUT2D eigenvalue weighted by Gasteiger charge is -2.38. The van der Waals surface area contributed by atoms with Crippen LogP contribution in [0.3, 0.4) is 0 Å². The topological polar surface area (TPSA) is 12.0 Å². The molecule has 1 N–H and O–H groups in total. The lowest BCUT2D eigenvalue weighted by atomic mass is 9.79. The van der Waals surface area contributed by atoms with Crippen molar-refractivity contribution in [1.82, 2.24) is 5.32 Å². The third-order valence-electron chi connectivity index (χ3n) is 3.84. The summed E-state index contributed by atoms with van der Waals surface area (Å²) in [6, 6.07) is 16.7. The molecule has 0 aliphatic carbocycles. The van der Waals surface area contributed by atoms with Crippen LogP contribution in [0.1, 0.15) is 23.6 Å². The van der Waals surface area contributed by atoms with Gasteiger partial charge in [-0.15, -0.1) is 12.4 Å². The average Bonchev–Trinajstić information content (AvgIpc) is 2.40. The fraction of sp³-hybridized carbons (Fsp3) is 0.250. The lowest BCUT2D eigenvalue weighted by molar-refractivity contribution is 0.415. The Hall–Kier alpha value is -1.02. The number of hydrogen-bond acceptors (Lipinski definition) is 1. The molecule has 0 aromatic heterocycles. The maximum Gasteiger partial charge on any atom is 0.0679 e. The zero-order chi connectivity index (χ0) is 12.6. The number of rotatable bonds is 1. The molecule has 0 bridgehead atoms. The highest BCUT2D eigenvalue weighted by atomic mass is 35.5. The normalized spacial score (nSPS) is 21.4. The summed E-state index contributed by atoms with van der Waals surface area (Å²) in [4.78, 5) is 0. The van der Waals surface area contributed by atoms with Crippen LogP contribution in [0, 0.1) is 0 Å². The Balaban J connectivity index is 0.00000133. The van der Waals surface area contributed by atoms with Crippen LogP contribution in [-0.2, 0) is 12.0 Å². The van der Waals surface area contributed by atoms with Crippen molar-refractivity contribution in [2.75, 3.05) is 6.54 Å². The predicted molar refractivity (Wildman–Crippen MR) is 83.3 cm³/mol. The summed E-state index contributed by atoms with van der Waals surface area (Å²) in [5.41, 5.74) is 3.72. The third-order valence-corrected chi connectivity index (χ3v) is 4.17. The summed E-state index contributed by atoms with van der Waals surface area (Å²) in [5, 5.41) is 4.45. The smallest absolute Gasteiger partial charge is 0.0679 e. The predicted octanol–water partition coefficient (Wildman–Crippen LogP) is 4.17. The van der Waals surface area contributed by atoms with Gasteiger partial charge < -0.3 is 5.32 Å². The molecule has 3 heteroatoms. The van der Waals surface area contributed by atoms with Crippen molar-refractivity contribution in [3.05, 3.63) is 70.2 Å². The van der Waals surface area contributed by atoms with Gasteiger partial charge in [-0.25, -0.2) is 0 Å². The number of benzene rings is 2. The van der Waals surface area contributed by atoms with Crippen molar-refractivity contribution < 1.29 is 0 Å². The first-order valence-electron chi connectivity index (χ1n) is 6.30. The van der Waals surface area contributed by atoms with E-state index in [2.05, 4.69) is 42.6 Å². The van der Waals surface area contributed by atoms with Crippen molar-refractivity contribution >= 4 is 24.0 Å². The van der Waals surface area contributed by atoms with Gasteiger partial charge in [0.2, 0.25) is 0 Å². The van der Waals surface area contributed by atoms with Crippen molar-refractivity contribution in [2.24, 2.45) is 0 Å². The zero-order valence-electron chi connectivity index (χ0n) is 10.8. The Morgan fingerprint density at radius 2 is 1.63 bits per heavy atom. The molecule has 0 spiro atoms. The number of hydrogen-bond donors (Lipinski definition) is 1. The molecule has 1 nitrogen and oxygen atoms in total. The molecule has 0 amide bonds. The first kappa shape index (κ1) is 14.4. The minimum atomic E-state index is -0.187. The van der Waals surface area contributed by atoms with Crippen molar-refractivity contribution in [3.63, 3.8) is 0 Å². The molecule has 1 atom stereocenters. The first-order valence-corrected chi connectivity index (χ1v) is 6.68. The van der Waals surface area contributed by atoms with E-state index >= 15 is 0 Å². The summed E-state index contributed by atoms with van der Waals surface area (Å²) in [6.07, 6.45) is 1.08. The van der Waals surface area contributed by atoms with Gasteiger partial charge in [0, 0.05) is 11.6 Å². The Labute approximate surface area is 125 Å². The summed E-state index contributed by atoms with van der Waals surface area (Å²) < 4.78 is 0. The number of halogens is 2. The van der Waals surface area contributed by atoms with E-state index in [1.54, 1.807) is 0 Å². The second-order valence-corrected chi connectivity index (χ2v) is 5.35. The van der Waals surface area contributed by atoms with Crippen LogP contribution < -0.4 is 5.32 Å². The van der Waals surface area contributed by atoms with Crippen LogP contribution in [0.4, 0.5) is 0 Å². The highest BCUT2D eigenvalue weighted by Gasteiger charge is 2.34. The van der Waals surface area contributed by atoms with Crippen LogP contribution in [0.15, 0.2) is 48.5 Å². The van der Waals surface area contributed by atoms with Gasteiger partial charge >= 0.3 is 0 Å². The molecule has 2 aromatic carbocycles. The zero-order valence-corrected chi connectivity index (χ0v) is 12.4. The molecular formula is C16H17Cl2N. The summed E-state index contributed by atoms with van der Waals surface area (Å²) in [5.74, 6) is 0. The fourth-order valence-electron chi connectivity index (χ4n) is 2.88. The number of fused-ring (bicyclic) bond motifs is 1. The minimum Gasteiger partial charge on any atom is -0.304 e. The van der Waals surface area contributed by atoms with Gasteiger partial charge in [0.15, 0.2) is 0 Å². The van der Waals surface area contributed by atoms with Crippen molar-refractivity contribution in [2.45, 2.75) is 18.9 Å². The molecule has 0 saturated carbocycles. The van der Waals surface area contributed by atoms with Crippen LogP contribution in [0.25, 0.3) is 0 Å². The van der Waals surface area contributed by atoms with E-state index < -0.39 is 0 Å². The second-order valence-electron chi connectivity index (χ2n) is 4.94. The SMILES string of the molecule is CC1(c2ccccc2Cl)NCCc2ccccc21.Cl. The first-order chi connectivity index (χ1) is 8.72. The van der Waals surface area contributed by atoms with E-state index in [0.717, 1.165) is 23.6 Å². The van der Waals surface area contributed by atoms with E-state index in [1.807, 2.05) is 18.2 Å². The second kappa shape index (κ2) is 5.54. The van der Waals surface area contributed by atoms with E-state index in [9.17, 15) is 0 Å². The van der Waals surface area contributed by atoms with E-state index in [1.165, 1.54) is 11.1 Å². The molecule has 1 aliphatic rings. The largest absolute Gasteiger partial charge is 0.304 e. The summed E-state index contributed by atoms with van der Waals surface area (Å²) >= 11 is 6.37. The van der Waals surface area contributed by atoms with Gasteiger partial charge in [-0.3, -0.25) is 0 Å². The highest BCUT2D eigenvalue weighted by molar-refractivity contribution is 6.31. The Morgan fingerprint density at radius 3 is 2.37 bits per heavy atom. The molecular weight excluding hydrogens is 277 g/mol. The van der Waals surface area contributed by atoms with Crippen molar-refractivity contribution in [1.29, 1.82) is 0 Å². The van der Waals surface area contributed by atoms with Crippen molar-refractivity contribution in [3.8, 4) is 0 Å². The molecule has 3 rings (SSSR count). The maximum absolute atomic E-state index is 6.37. The molecule has 19 heavy (non-hydrogen) atoms. The molecule has 0 fully saturated rings. The monoisotopic (exact) mass is 293 g/mol. The van der Waals surface area contributed by atoms with Gasteiger partial charge in [-0.05, 0) is 36.1 Å². The van der Waals surface area contributed by atoms with E-state index in [-0.39, 0.29) is 17.9 Å². The summed E-state index contributed by atoms with van der Waals surface area (Å²) in [6.45, 7) is 3.20. The Bertz CT molecular complexity index is 582. The molecule has 1 heterocycles. The van der Waals surface area contributed by atoms with Crippen LogP contribution >= 0.6 is 24.0 Å². The van der Waals surface area contributed by atoms with E-state index in [4.69, 9.17) is 11.6 Å². The molecule has 100 valence electrons. The molecule has 0 radical (unpaired) electrons. The van der Waals surface area contributed by atoms with Gasteiger partial charge in [0.1, 0.15) is 0 Å². The van der Waals surface area contributed by atoms with Gasteiger partial charge in [-0.1, -0.05) is 54.1 Å². The third kappa shape index (κ3) is 2.38. The molecule has 0 saturated heterocycles. The van der Waals surface area contributed by atoms with Crippen LogP contribution in [-0.4, -0.2) is 6.54 Å². The van der Waals surface area contributed by atoms with E-state index in [0.29, 0.717) is 0 Å². The van der Waals surface area contributed by atoms with Gasteiger partial charge in [-0.2, -0.15) is 0 Å². The Kier molecular flexibility index (Phi) is 4.19. The Morgan fingerprint density at radius 1 is 1.00 bits per heavy atom. The fourth-order valence-corrected chi connectivity index (χ4v) is 3.20. The number of nitrogens with one attached hydrogen (secondary N) is 1. The molecule has 1 aliphatic heterocycles. The molecule has 1 unspecified atom stereocenters.